The first-order chi connectivity index (χ1) is 8.67. The van der Waals surface area contributed by atoms with E-state index in [-0.39, 0.29) is 12.5 Å². The second kappa shape index (κ2) is 7.09. The Kier molecular flexibility index (Phi) is 5.41. The largest absolute Gasteiger partial charge is 0.396 e. The number of methoxy groups -OCH3 is 1. The summed E-state index contributed by atoms with van der Waals surface area (Å²) < 4.78 is 4.80. The molecule has 7 nitrogen and oxygen atoms in total. The Morgan fingerprint density at radius 1 is 1.67 bits per heavy atom. The number of rotatable bonds is 6. The molecule has 18 heavy (non-hydrogen) atoms. The van der Waals surface area contributed by atoms with Gasteiger partial charge in [0.25, 0.3) is 0 Å². The quantitative estimate of drug-likeness (QED) is 0.597. The van der Waals surface area contributed by atoms with Gasteiger partial charge in [-0.2, -0.15) is 5.26 Å². The lowest BCUT2D eigenvalue weighted by Gasteiger charge is -2.08. The van der Waals surface area contributed by atoms with Crippen LogP contribution in [0.3, 0.4) is 0 Å². The predicted octanol–water partition coefficient (Wildman–Crippen LogP) is -0.290. The first kappa shape index (κ1) is 13.7. The third-order valence-corrected chi connectivity index (χ3v) is 2.09. The lowest BCUT2D eigenvalue weighted by molar-refractivity contribution is -0.119. The first-order valence-electron chi connectivity index (χ1n) is 5.32. The highest BCUT2D eigenvalue weighted by Gasteiger charge is 2.05. The molecule has 96 valence electrons. The second-order valence-electron chi connectivity index (χ2n) is 3.47. The zero-order valence-electron chi connectivity index (χ0n) is 10.1. The number of amides is 1. The molecule has 0 saturated heterocycles. The fourth-order valence-electron chi connectivity index (χ4n) is 1.21. The van der Waals surface area contributed by atoms with Crippen molar-refractivity contribution >= 4 is 17.4 Å². The predicted molar refractivity (Wildman–Crippen MR) is 66.7 cm³/mol. The van der Waals surface area contributed by atoms with E-state index in [4.69, 9.17) is 15.7 Å². The summed E-state index contributed by atoms with van der Waals surface area (Å²) in [6.45, 7) is 0.975. The lowest BCUT2D eigenvalue weighted by atomic mass is 10.3. The van der Waals surface area contributed by atoms with Gasteiger partial charge in [0.1, 0.15) is 11.9 Å². The molecule has 0 atom stereocenters. The summed E-state index contributed by atoms with van der Waals surface area (Å²) in [7, 11) is 1.56. The van der Waals surface area contributed by atoms with Crippen molar-refractivity contribution in [3.8, 4) is 6.07 Å². The summed E-state index contributed by atoms with van der Waals surface area (Å²) >= 11 is 0. The third kappa shape index (κ3) is 4.27. The van der Waals surface area contributed by atoms with Crippen molar-refractivity contribution in [1.82, 2.24) is 10.3 Å². The summed E-state index contributed by atoms with van der Waals surface area (Å²) in [6, 6.07) is 3.43. The molecule has 1 aromatic heterocycles. The second-order valence-corrected chi connectivity index (χ2v) is 3.47. The van der Waals surface area contributed by atoms with E-state index < -0.39 is 0 Å². The minimum Gasteiger partial charge on any atom is -0.396 e. The van der Waals surface area contributed by atoms with Crippen LogP contribution in [0.4, 0.5) is 11.5 Å². The number of nitriles is 1. The number of carbonyl (C=O) groups excluding carboxylic acids is 1. The molecule has 0 saturated carbocycles. The Bertz CT molecular complexity index is 455. The van der Waals surface area contributed by atoms with Crippen molar-refractivity contribution in [2.75, 3.05) is 37.9 Å². The van der Waals surface area contributed by atoms with Gasteiger partial charge in [0.2, 0.25) is 5.91 Å². The molecule has 0 aromatic carbocycles. The zero-order chi connectivity index (χ0) is 13.4. The van der Waals surface area contributed by atoms with Crippen molar-refractivity contribution in [3.63, 3.8) is 0 Å². The molecule has 1 heterocycles. The van der Waals surface area contributed by atoms with Crippen LogP contribution >= 0.6 is 0 Å². The number of carbonyl (C=O) groups is 1. The van der Waals surface area contributed by atoms with E-state index in [2.05, 4.69) is 15.6 Å². The zero-order valence-corrected chi connectivity index (χ0v) is 10.1. The molecule has 1 amide bonds. The van der Waals surface area contributed by atoms with Crippen LogP contribution in [0.1, 0.15) is 5.56 Å². The van der Waals surface area contributed by atoms with Crippen LogP contribution in [-0.4, -0.2) is 37.7 Å². The summed E-state index contributed by atoms with van der Waals surface area (Å²) in [6.07, 6.45) is 1.39. The van der Waals surface area contributed by atoms with Crippen molar-refractivity contribution in [3.05, 3.63) is 17.8 Å². The molecule has 4 N–H and O–H groups in total. The van der Waals surface area contributed by atoms with Gasteiger partial charge in [0.15, 0.2) is 0 Å². The Morgan fingerprint density at radius 2 is 2.44 bits per heavy atom. The maximum absolute atomic E-state index is 11.4. The molecule has 0 radical (unpaired) electrons. The molecular formula is C11H15N5O2. The van der Waals surface area contributed by atoms with Gasteiger partial charge >= 0.3 is 0 Å². The number of ether oxygens (including phenoxy) is 1. The molecule has 0 aliphatic heterocycles. The molecule has 7 heteroatoms. The van der Waals surface area contributed by atoms with Crippen LogP contribution in [0.5, 0.6) is 0 Å². The van der Waals surface area contributed by atoms with Gasteiger partial charge in [0.05, 0.1) is 24.4 Å². The van der Waals surface area contributed by atoms with E-state index in [1.165, 1.54) is 12.3 Å². The van der Waals surface area contributed by atoms with Gasteiger partial charge < -0.3 is 21.1 Å². The Labute approximate surface area is 105 Å². The van der Waals surface area contributed by atoms with E-state index in [9.17, 15) is 4.79 Å². The number of nitrogens with one attached hydrogen (secondary N) is 2. The van der Waals surface area contributed by atoms with Crippen molar-refractivity contribution in [2.45, 2.75) is 0 Å². The number of nitrogens with two attached hydrogens (primary N) is 1. The van der Waals surface area contributed by atoms with Crippen LogP contribution in [-0.2, 0) is 9.53 Å². The summed E-state index contributed by atoms with van der Waals surface area (Å²) in [4.78, 5) is 15.3. The maximum atomic E-state index is 11.4. The van der Waals surface area contributed by atoms with Crippen molar-refractivity contribution in [1.29, 1.82) is 5.26 Å². The highest BCUT2D eigenvalue weighted by Crippen LogP contribution is 2.15. The summed E-state index contributed by atoms with van der Waals surface area (Å²) in [5.74, 6) is 0.202. The molecule has 1 aromatic rings. The number of hydrogen-bond donors (Lipinski definition) is 3. The molecule has 1 rings (SSSR count). The number of nitrogen functional groups attached to an aromatic ring is 1. The number of pyridine rings is 1. The van der Waals surface area contributed by atoms with E-state index >= 15 is 0 Å². The Balaban J connectivity index is 2.44. The SMILES string of the molecule is COCCNC(=O)CNc1ncc(C#N)cc1N. The fraction of sp³-hybridized carbons (Fsp3) is 0.364. The maximum Gasteiger partial charge on any atom is 0.239 e. The normalized spacial score (nSPS) is 9.56. The fourth-order valence-corrected chi connectivity index (χ4v) is 1.21. The summed E-state index contributed by atoms with van der Waals surface area (Å²) in [5, 5.41) is 14.1. The van der Waals surface area contributed by atoms with Gasteiger partial charge in [0, 0.05) is 19.9 Å². The monoisotopic (exact) mass is 249 g/mol. The number of aromatic nitrogens is 1. The van der Waals surface area contributed by atoms with Crippen LogP contribution in [0.2, 0.25) is 0 Å². The van der Waals surface area contributed by atoms with Gasteiger partial charge in [-0.05, 0) is 6.07 Å². The van der Waals surface area contributed by atoms with Gasteiger partial charge in [-0.1, -0.05) is 0 Å². The topological polar surface area (TPSA) is 113 Å². The van der Waals surface area contributed by atoms with E-state index in [1.807, 2.05) is 6.07 Å². The summed E-state index contributed by atoms with van der Waals surface area (Å²) in [5.41, 5.74) is 6.39. The van der Waals surface area contributed by atoms with Crippen LogP contribution in [0.15, 0.2) is 12.3 Å². The van der Waals surface area contributed by atoms with Crippen LogP contribution in [0.25, 0.3) is 0 Å². The standard InChI is InChI=1S/C11H15N5O2/c1-18-3-2-14-10(17)7-16-11-9(13)4-8(5-12)6-15-11/h4,6H,2-3,7,13H2,1H3,(H,14,17)(H,15,16). The van der Waals surface area contributed by atoms with E-state index in [0.29, 0.717) is 30.2 Å². The highest BCUT2D eigenvalue weighted by atomic mass is 16.5. The molecule has 0 aliphatic rings. The number of anilines is 2. The minimum absolute atomic E-state index is 0.0623. The van der Waals surface area contributed by atoms with Gasteiger partial charge in [-0.25, -0.2) is 4.98 Å². The Morgan fingerprint density at radius 3 is 3.06 bits per heavy atom. The number of nitrogens with zero attached hydrogens (tertiary/aromatic N) is 2. The smallest absolute Gasteiger partial charge is 0.239 e. The highest BCUT2D eigenvalue weighted by molar-refractivity contribution is 5.81. The van der Waals surface area contributed by atoms with Crippen molar-refractivity contribution in [2.24, 2.45) is 0 Å². The first-order valence-corrected chi connectivity index (χ1v) is 5.32. The van der Waals surface area contributed by atoms with E-state index in [0.717, 1.165) is 0 Å². The number of hydrogen-bond acceptors (Lipinski definition) is 6. The Hall–Kier alpha value is -2.33. The van der Waals surface area contributed by atoms with Crippen molar-refractivity contribution < 1.29 is 9.53 Å². The third-order valence-electron chi connectivity index (χ3n) is 2.09. The van der Waals surface area contributed by atoms with Crippen LogP contribution in [0, 0.1) is 11.3 Å². The van der Waals surface area contributed by atoms with Gasteiger partial charge in [-0.15, -0.1) is 0 Å². The average molecular weight is 249 g/mol. The molecule has 0 unspecified atom stereocenters. The minimum atomic E-state index is -0.183. The van der Waals surface area contributed by atoms with E-state index in [1.54, 1.807) is 7.11 Å². The molecule has 0 bridgehead atoms. The molecule has 0 aliphatic carbocycles. The molecule has 0 fully saturated rings. The molecule has 0 spiro atoms. The van der Waals surface area contributed by atoms with Crippen LogP contribution < -0.4 is 16.4 Å². The molecular weight excluding hydrogens is 234 g/mol. The average Bonchev–Trinajstić information content (AvgIpc) is 2.37. The lowest BCUT2D eigenvalue weighted by Crippen LogP contribution is -2.32. The van der Waals surface area contributed by atoms with Gasteiger partial charge in [-0.3, -0.25) is 4.79 Å².